The average Bonchev–Trinajstić information content (AvgIpc) is 3.51. The zero-order chi connectivity index (χ0) is 18.8. The molecule has 27 heavy (non-hydrogen) atoms. The van der Waals surface area contributed by atoms with Crippen molar-refractivity contribution in [2.75, 3.05) is 6.54 Å². The van der Waals surface area contributed by atoms with E-state index in [2.05, 4.69) is 5.32 Å². The van der Waals surface area contributed by atoms with Gasteiger partial charge in [-0.25, -0.2) is 0 Å². The SMILES string of the molecule is Cc1cccc(=O)n1CCCNC(=O)c1cc(C2CC2)nc2ccccc12. The molecule has 4 rings (SSSR count). The van der Waals surface area contributed by atoms with E-state index in [0.29, 0.717) is 31.0 Å². The third-order valence-corrected chi connectivity index (χ3v) is 5.09. The monoisotopic (exact) mass is 361 g/mol. The van der Waals surface area contributed by atoms with Crippen LogP contribution in [0.3, 0.4) is 0 Å². The number of hydrogen-bond acceptors (Lipinski definition) is 3. The van der Waals surface area contributed by atoms with Gasteiger partial charge in [0.1, 0.15) is 0 Å². The average molecular weight is 361 g/mol. The molecule has 1 aliphatic rings. The summed E-state index contributed by atoms with van der Waals surface area (Å²) in [5.41, 5.74) is 3.51. The Hall–Kier alpha value is -2.95. The van der Waals surface area contributed by atoms with E-state index in [0.717, 1.165) is 35.1 Å². The van der Waals surface area contributed by atoms with Crippen molar-refractivity contribution in [3.8, 4) is 0 Å². The predicted octanol–water partition coefficient (Wildman–Crippen LogP) is 3.40. The molecule has 3 aromatic rings. The molecule has 0 aliphatic heterocycles. The lowest BCUT2D eigenvalue weighted by Crippen LogP contribution is -2.28. The van der Waals surface area contributed by atoms with Gasteiger partial charge in [0, 0.05) is 41.8 Å². The van der Waals surface area contributed by atoms with E-state index in [1.54, 1.807) is 16.7 Å². The van der Waals surface area contributed by atoms with Crippen molar-refractivity contribution < 1.29 is 4.79 Å². The van der Waals surface area contributed by atoms with E-state index in [1.165, 1.54) is 0 Å². The Balaban J connectivity index is 1.46. The third kappa shape index (κ3) is 3.77. The van der Waals surface area contributed by atoms with Gasteiger partial charge >= 0.3 is 0 Å². The minimum atomic E-state index is -0.0763. The first-order chi connectivity index (χ1) is 13.1. The van der Waals surface area contributed by atoms with Crippen LogP contribution in [0, 0.1) is 6.92 Å². The maximum atomic E-state index is 12.8. The molecule has 1 aromatic carbocycles. The molecule has 1 amide bonds. The Labute approximate surface area is 158 Å². The molecule has 1 fully saturated rings. The molecule has 1 aliphatic carbocycles. The van der Waals surface area contributed by atoms with Crippen molar-refractivity contribution in [3.05, 3.63) is 75.8 Å². The lowest BCUT2D eigenvalue weighted by atomic mass is 10.1. The largest absolute Gasteiger partial charge is 0.352 e. The molecule has 0 unspecified atom stereocenters. The van der Waals surface area contributed by atoms with E-state index in [1.807, 2.05) is 43.3 Å². The number of aromatic nitrogens is 2. The highest BCUT2D eigenvalue weighted by atomic mass is 16.1. The summed E-state index contributed by atoms with van der Waals surface area (Å²) in [6, 6.07) is 15.0. The number of nitrogens with one attached hydrogen (secondary N) is 1. The van der Waals surface area contributed by atoms with Crippen molar-refractivity contribution in [2.24, 2.45) is 0 Å². The number of fused-ring (bicyclic) bond motifs is 1. The summed E-state index contributed by atoms with van der Waals surface area (Å²) >= 11 is 0. The fraction of sp³-hybridized carbons (Fsp3) is 0.318. The Morgan fingerprint density at radius 1 is 1.19 bits per heavy atom. The van der Waals surface area contributed by atoms with Gasteiger partial charge in [-0.2, -0.15) is 0 Å². The fourth-order valence-corrected chi connectivity index (χ4v) is 3.42. The molecule has 2 heterocycles. The third-order valence-electron chi connectivity index (χ3n) is 5.09. The lowest BCUT2D eigenvalue weighted by molar-refractivity contribution is 0.0954. The topological polar surface area (TPSA) is 64.0 Å². The number of pyridine rings is 2. The van der Waals surface area contributed by atoms with Gasteiger partial charge in [0.25, 0.3) is 11.5 Å². The van der Waals surface area contributed by atoms with Gasteiger partial charge in [-0.3, -0.25) is 14.6 Å². The highest BCUT2D eigenvalue weighted by Gasteiger charge is 2.26. The van der Waals surface area contributed by atoms with Gasteiger partial charge in [0.15, 0.2) is 0 Å². The van der Waals surface area contributed by atoms with E-state index in [-0.39, 0.29) is 11.5 Å². The molecule has 138 valence electrons. The van der Waals surface area contributed by atoms with Gasteiger partial charge in [-0.15, -0.1) is 0 Å². The second-order valence-corrected chi connectivity index (χ2v) is 7.15. The molecule has 5 nitrogen and oxygen atoms in total. The minimum absolute atomic E-state index is 0.00414. The van der Waals surface area contributed by atoms with Crippen LogP contribution in [-0.4, -0.2) is 22.0 Å². The van der Waals surface area contributed by atoms with Crippen LogP contribution in [-0.2, 0) is 6.54 Å². The molecule has 0 spiro atoms. The zero-order valence-electron chi connectivity index (χ0n) is 15.4. The number of rotatable bonds is 6. The van der Waals surface area contributed by atoms with Crippen LogP contribution < -0.4 is 10.9 Å². The smallest absolute Gasteiger partial charge is 0.252 e. The van der Waals surface area contributed by atoms with Gasteiger partial charge in [0.2, 0.25) is 0 Å². The number of nitrogens with zero attached hydrogens (tertiary/aromatic N) is 2. The van der Waals surface area contributed by atoms with Crippen LogP contribution in [0.2, 0.25) is 0 Å². The Morgan fingerprint density at radius 3 is 2.78 bits per heavy atom. The highest BCUT2D eigenvalue weighted by Crippen LogP contribution is 2.40. The molecular formula is C22H23N3O2. The number of carbonyl (C=O) groups is 1. The van der Waals surface area contributed by atoms with Gasteiger partial charge in [-0.05, 0) is 44.4 Å². The molecule has 0 radical (unpaired) electrons. The summed E-state index contributed by atoms with van der Waals surface area (Å²) in [5.74, 6) is 0.418. The molecule has 2 aromatic heterocycles. The van der Waals surface area contributed by atoms with Gasteiger partial charge in [0.05, 0.1) is 11.1 Å². The van der Waals surface area contributed by atoms with Crippen LogP contribution in [0.25, 0.3) is 10.9 Å². The number of aryl methyl sites for hydroxylation is 1. The van der Waals surface area contributed by atoms with Crippen molar-refractivity contribution in [1.82, 2.24) is 14.9 Å². The molecule has 5 heteroatoms. The molecule has 0 saturated heterocycles. The first kappa shape index (κ1) is 17.5. The fourth-order valence-electron chi connectivity index (χ4n) is 3.42. The maximum Gasteiger partial charge on any atom is 0.252 e. The first-order valence-corrected chi connectivity index (χ1v) is 9.48. The standard InChI is InChI=1S/C22H23N3O2/c1-15-6-4-9-21(26)25(15)13-5-12-23-22(27)18-14-20(16-10-11-16)24-19-8-3-2-7-17(18)19/h2-4,6-9,14,16H,5,10-13H2,1H3,(H,23,27). The van der Waals surface area contributed by atoms with Crippen molar-refractivity contribution in [3.63, 3.8) is 0 Å². The van der Waals surface area contributed by atoms with E-state index in [4.69, 9.17) is 4.98 Å². The molecule has 1 N–H and O–H groups in total. The van der Waals surface area contributed by atoms with E-state index < -0.39 is 0 Å². The Kier molecular flexibility index (Phi) is 4.75. The van der Waals surface area contributed by atoms with Crippen molar-refractivity contribution in [1.29, 1.82) is 0 Å². The Bertz CT molecular complexity index is 1050. The molecule has 1 saturated carbocycles. The summed E-state index contributed by atoms with van der Waals surface area (Å²) in [5, 5.41) is 3.89. The van der Waals surface area contributed by atoms with E-state index in [9.17, 15) is 9.59 Å². The molecular weight excluding hydrogens is 338 g/mol. The summed E-state index contributed by atoms with van der Waals surface area (Å²) in [4.78, 5) is 29.4. The first-order valence-electron chi connectivity index (χ1n) is 9.48. The molecule has 0 bridgehead atoms. The second kappa shape index (κ2) is 7.35. The van der Waals surface area contributed by atoms with Crippen LogP contribution in [0.15, 0.2) is 53.3 Å². The van der Waals surface area contributed by atoms with Crippen molar-refractivity contribution in [2.45, 2.75) is 38.6 Å². The minimum Gasteiger partial charge on any atom is -0.352 e. The number of benzene rings is 1. The second-order valence-electron chi connectivity index (χ2n) is 7.15. The van der Waals surface area contributed by atoms with Gasteiger partial charge in [-0.1, -0.05) is 24.3 Å². The Morgan fingerprint density at radius 2 is 2.00 bits per heavy atom. The number of carbonyl (C=O) groups excluding carboxylic acids is 1. The lowest BCUT2D eigenvalue weighted by Gasteiger charge is -2.12. The number of hydrogen-bond donors (Lipinski definition) is 1. The van der Waals surface area contributed by atoms with Crippen LogP contribution in [0.5, 0.6) is 0 Å². The summed E-state index contributed by atoms with van der Waals surface area (Å²) in [6.07, 6.45) is 3.00. The maximum absolute atomic E-state index is 12.8. The quantitative estimate of drug-likeness (QED) is 0.685. The van der Waals surface area contributed by atoms with Crippen LogP contribution in [0.1, 0.15) is 46.9 Å². The highest BCUT2D eigenvalue weighted by molar-refractivity contribution is 6.06. The normalized spacial score (nSPS) is 13.7. The van der Waals surface area contributed by atoms with Crippen molar-refractivity contribution >= 4 is 16.8 Å². The van der Waals surface area contributed by atoms with E-state index >= 15 is 0 Å². The number of amides is 1. The van der Waals surface area contributed by atoms with Crippen LogP contribution >= 0.6 is 0 Å². The summed E-state index contributed by atoms with van der Waals surface area (Å²) < 4.78 is 1.74. The summed E-state index contributed by atoms with van der Waals surface area (Å²) in [6.45, 7) is 3.04. The predicted molar refractivity (Wildman–Crippen MR) is 106 cm³/mol. The number of para-hydroxylation sites is 1. The summed E-state index contributed by atoms with van der Waals surface area (Å²) in [7, 11) is 0. The zero-order valence-corrected chi connectivity index (χ0v) is 15.4. The van der Waals surface area contributed by atoms with Crippen LogP contribution in [0.4, 0.5) is 0 Å². The molecule has 0 atom stereocenters. The van der Waals surface area contributed by atoms with Gasteiger partial charge < -0.3 is 9.88 Å².